The van der Waals surface area contributed by atoms with Gasteiger partial charge in [-0.25, -0.2) is 0 Å². The van der Waals surface area contributed by atoms with Crippen molar-refractivity contribution in [2.75, 3.05) is 17.7 Å². The van der Waals surface area contributed by atoms with Crippen molar-refractivity contribution in [1.29, 1.82) is 0 Å². The van der Waals surface area contributed by atoms with Gasteiger partial charge in [-0.3, -0.25) is 4.79 Å². The maximum Gasteiger partial charge on any atom is 0.229 e. The minimum absolute atomic E-state index is 0.181. The number of hydrogen-bond acceptors (Lipinski definition) is 5. The zero-order valence-electron chi connectivity index (χ0n) is 9.63. The number of hydrogen-bond donors (Lipinski definition) is 2. The van der Waals surface area contributed by atoms with Gasteiger partial charge in [-0.1, -0.05) is 5.16 Å². The van der Waals surface area contributed by atoms with Crippen LogP contribution in [0.15, 0.2) is 41.1 Å². The Labute approximate surface area is 104 Å². The Morgan fingerprint density at radius 1 is 1.33 bits per heavy atom. The van der Waals surface area contributed by atoms with Crippen LogP contribution in [-0.2, 0) is 4.79 Å². The number of carbonyl (C=O) groups excluding carboxylic acids is 1. The molecule has 0 saturated carbocycles. The van der Waals surface area contributed by atoms with Crippen LogP contribution >= 0.6 is 0 Å². The Bertz CT molecular complexity index is 494. The molecule has 0 radical (unpaired) electrons. The van der Waals surface area contributed by atoms with Gasteiger partial charge in [0, 0.05) is 11.8 Å². The zero-order valence-corrected chi connectivity index (χ0v) is 9.63. The first kappa shape index (κ1) is 12.0. The second-order valence-electron chi connectivity index (χ2n) is 3.60. The van der Waals surface area contributed by atoms with E-state index in [0.29, 0.717) is 17.3 Å². The highest BCUT2D eigenvalue weighted by Crippen LogP contribution is 2.13. The lowest BCUT2D eigenvalue weighted by atomic mass is 10.3. The van der Waals surface area contributed by atoms with Crippen LogP contribution in [0.1, 0.15) is 6.42 Å². The van der Waals surface area contributed by atoms with Gasteiger partial charge in [-0.05, 0) is 24.3 Å². The summed E-state index contributed by atoms with van der Waals surface area (Å²) in [6.07, 6.45) is 1.62. The number of rotatable bonds is 5. The third-order valence-corrected chi connectivity index (χ3v) is 2.18. The van der Waals surface area contributed by atoms with Crippen LogP contribution in [0.4, 0.5) is 11.5 Å². The zero-order chi connectivity index (χ0) is 12.8. The summed E-state index contributed by atoms with van der Waals surface area (Å²) in [6.45, 7) is 0.285. The van der Waals surface area contributed by atoms with Crippen molar-refractivity contribution < 1.29 is 14.1 Å². The van der Waals surface area contributed by atoms with Gasteiger partial charge in [0.25, 0.3) is 0 Å². The highest BCUT2D eigenvalue weighted by atomic mass is 16.5. The Balaban J connectivity index is 1.72. The van der Waals surface area contributed by atoms with Crippen molar-refractivity contribution in [2.45, 2.75) is 6.42 Å². The van der Waals surface area contributed by atoms with Crippen LogP contribution in [0.3, 0.4) is 0 Å². The summed E-state index contributed by atoms with van der Waals surface area (Å²) in [5, 5.41) is 6.14. The molecule has 2 aromatic rings. The molecule has 0 saturated heterocycles. The van der Waals surface area contributed by atoms with E-state index in [0.717, 1.165) is 0 Å². The number of amides is 1. The Kier molecular flexibility index (Phi) is 3.80. The standard InChI is InChI=1S/C12H13N3O3/c13-9-1-3-10(4-2-9)17-7-6-12(16)14-11-5-8-18-15-11/h1-5,8H,6-7,13H2,(H,14,15,16). The lowest BCUT2D eigenvalue weighted by Gasteiger charge is -2.05. The summed E-state index contributed by atoms with van der Waals surface area (Å²) in [4.78, 5) is 11.5. The number of ether oxygens (including phenoxy) is 1. The summed E-state index contributed by atoms with van der Waals surface area (Å²) in [6, 6.07) is 8.56. The quantitative estimate of drug-likeness (QED) is 0.784. The number of nitrogens with zero attached hydrogens (tertiary/aromatic N) is 1. The molecule has 0 spiro atoms. The molecule has 0 aliphatic heterocycles. The molecule has 18 heavy (non-hydrogen) atoms. The van der Waals surface area contributed by atoms with E-state index in [1.165, 1.54) is 6.26 Å². The largest absolute Gasteiger partial charge is 0.493 e. The monoisotopic (exact) mass is 247 g/mol. The van der Waals surface area contributed by atoms with Crippen LogP contribution < -0.4 is 15.8 Å². The molecular formula is C12H13N3O3. The molecule has 0 aliphatic carbocycles. The van der Waals surface area contributed by atoms with E-state index in [2.05, 4.69) is 15.0 Å². The van der Waals surface area contributed by atoms with Gasteiger partial charge in [0.1, 0.15) is 12.0 Å². The molecule has 0 aliphatic rings. The summed E-state index contributed by atoms with van der Waals surface area (Å²) >= 11 is 0. The van der Waals surface area contributed by atoms with E-state index >= 15 is 0 Å². The van der Waals surface area contributed by atoms with Gasteiger partial charge in [0.2, 0.25) is 5.91 Å². The fraction of sp³-hybridized carbons (Fsp3) is 0.167. The minimum Gasteiger partial charge on any atom is -0.493 e. The summed E-state index contributed by atoms with van der Waals surface area (Å²) in [5.74, 6) is 0.894. The van der Waals surface area contributed by atoms with E-state index in [1.54, 1.807) is 30.3 Å². The van der Waals surface area contributed by atoms with Crippen molar-refractivity contribution in [3.63, 3.8) is 0 Å². The third-order valence-electron chi connectivity index (χ3n) is 2.18. The molecule has 6 heteroatoms. The second kappa shape index (κ2) is 5.72. The number of nitrogens with two attached hydrogens (primary N) is 1. The van der Waals surface area contributed by atoms with E-state index < -0.39 is 0 Å². The molecule has 1 aromatic carbocycles. The molecule has 1 amide bonds. The number of anilines is 2. The predicted molar refractivity (Wildman–Crippen MR) is 66.1 cm³/mol. The second-order valence-corrected chi connectivity index (χ2v) is 3.60. The molecule has 94 valence electrons. The van der Waals surface area contributed by atoms with Crippen molar-refractivity contribution in [2.24, 2.45) is 0 Å². The van der Waals surface area contributed by atoms with Crippen molar-refractivity contribution in [1.82, 2.24) is 5.16 Å². The normalized spacial score (nSPS) is 10.0. The van der Waals surface area contributed by atoms with E-state index in [9.17, 15) is 4.79 Å². The van der Waals surface area contributed by atoms with Crippen LogP contribution in [0.5, 0.6) is 5.75 Å². The number of aromatic nitrogens is 1. The molecule has 0 fully saturated rings. The van der Waals surface area contributed by atoms with Gasteiger partial charge in [0.05, 0.1) is 13.0 Å². The van der Waals surface area contributed by atoms with Crippen LogP contribution in [0.25, 0.3) is 0 Å². The van der Waals surface area contributed by atoms with Crippen LogP contribution in [0, 0.1) is 0 Å². The van der Waals surface area contributed by atoms with Crippen LogP contribution in [-0.4, -0.2) is 17.7 Å². The molecule has 0 atom stereocenters. The van der Waals surface area contributed by atoms with Crippen LogP contribution in [0.2, 0.25) is 0 Å². The molecule has 1 aromatic heterocycles. The van der Waals surface area contributed by atoms with Gasteiger partial charge in [0.15, 0.2) is 5.82 Å². The number of nitrogens with one attached hydrogen (secondary N) is 1. The molecule has 6 nitrogen and oxygen atoms in total. The average Bonchev–Trinajstić information content (AvgIpc) is 2.84. The maximum atomic E-state index is 11.5. The maximum absolute atomic E-state index is 11.5. The summed E-state index contributed by atoms with van der Waals surface area (Å²) in [7, 11) is 0. The Morgan fingerprint density at radius 2 is 2.11 bits per heavy atom. The molecule has 0 bridgehead atoms. The smallest absolute Gasteiger partial charge is 0.229 e. The third kappa shape index (κ3) is 3.51. The van der Waals surface area contributed by atoms with Crippen molar-refractivity contribution in [3.05, 3.63) is 36.6 Å². The lowest BCUT2D eigenvalue weighted by Crippen LogP contribution is -2.15. The fourth-order valence-corrected chi connectivity index (χ4v) is 1.31. The Hall–Kier alpha value is -2.50. The summed E-state index contributed by atoms with van der Waals surface area (Å²) < 4.78 is 9.98. The Morgan fingerprint density at radius 3 is 2.78 bits per heavy atom. The fourth-order valence-electron chi connectivity index (χ4n) is 1.31. The van der Waals surface area contributed by atoms with E-state index in [1.807, 2.05) is 0 Å². The van der Waals surface area contributed by atoms with Crippen molar-refractivity contribution in [3.8, 4) is 5.75 Å². The number of carbonyl (C=O) groups is 1. The average molecular weight is 247 g/mol. The first-order chi connectivity index (χ1) is 8.74. The lowest BCUT2D eigenvalue weighted by molar-refractivity contribution is -0.116. The molecule has 3 N–H and O–H groups in total. The highest BCUT2D eigenvalue weighted by molar-refractivity contribution is 5.89. The van der Waals surface area contributed by atoms with Gasteiger partial charge < -0.3 is 20.3 Å². The SMILES string of the molecule is Nc1ccc(OCCC(=O)Nc2ccon2)cc1. The first-order valence-corrected chi connectivity index (χ1v) is 5.42. The van der Waals surface area contributed by atoms with E-state index in [4.69, 9.17) is 10.5 Å². The van der Waals surface area contributed by atoms with Gasteiger partial charge in [-0.2, -0.15) is 0 Å². The molecule has 1 heterocycles. The first-order valence-electron chi connectivity index (χ1n) is 5.42. The number of benzene rings is 1. The number of nitrogen functional groups attached to an aromatic ring is 1. The highest BCUT2D eigenvalue weighted by Gasteiger charge is 2.04. The van der Waals surface area contributed by atoms with E-state index in [-0.39, 0.29) is 18.9 Å². The van der Waals surface area contributed by atoms with Crippen molar-refractivity contribution >= 4 is 17.4 Å². The molecular weight excluding hydrogens is 234 g/mol. The van der Waals surface area contributed by atoms with Gasteiger partial charge in [-0.15, -0.1) is 0 Å². The summed E-state index contributed by atoms with van der Waals surface area (Å²) in [5.41, 5.74) is 6.22. The van der Waals surface area contributed by atoms with Gasteiger partial charge >= 0.3 is 0 Å². The molecule has 0 unspecified atom stereocenters. The topological polar surface area (TPSA) is 90.4 Å². The minimum atomic E-state index is -0.181. The molecule has 2 rings (SSSR count). The predicted octanol–water partition coefficient (Wildman–Crippen LogP) is 1.66.